The number of halogens is 3. The quantitative estimate of drug-likeness (QED) is 0.780. The van der Waals surface area contributed by atoms with Crippen LogP contribution in [0.3, 0.4) is 0 Å². The normalized spacial score (nSPS) is 31.6. The van der Waals surface area contributed by atoms with E-state index in [4.69, 9.17) is 0 Å². The number of carbonyl (C=O) groups excluding carboxylic acids is 1. The maximum absolute atomic E-state index is 12.6. The highest BCUT2D eigenvalue weighted by atomic mass is 19.4. The van der Waals surface area contributed by atoms with Crippen LogP contribution in [-0.2, 0) is 11.0 Å². The molecule has 0 radical (unpaired) electrons. The largest absolute Gasteiger partial charge is 0.433 e. The predicted octanol–water partition coefficient (Wildman–Crippen LogP) is 2.70. The third-order valence-electron chi connectivity index (χ3n) is 6.15. The molecule has 0 spiro atoms. The summed E-state index contributed by atoms with van der Waals surface area (Å²) in [5, 5.41) is 0. The van der Waals surface area contributed by atoms with Crippen molar-refractivity contribution in [2.45, 2.75) is 49.4 Å². The van der Waals surface area contributed by atoms with Gasteiger partial charge in [0, 0.05) is 44.3 Å². The van der Waals surface area contributed by atoms with Gasteiger partial charge in [0.15, 0.2) is 0 Å². The molecule has 0 unspecified atom stereocenters. The summed E-state index contributed by atoms with van der Waals surface area (Å²) in [6.45, 7) is 3.64. The second-order valence-corrected chi connectivity index (χ2v) is 7.45. The number of rotatable bonds is 4. The van der Waals surface area contributed by atoms with Crippen LogP contribution in [0.2, 0.25) is 0 Å². The summed E-state index contributed by atoms with van der Waals surface area (Å²) in [5.41, 5.74) is -0.711. The Labute approximate surface area is 145 Å². The summed E-state index contributed by atoms with van der Waals surface area (Å²) in [7, 11) is 0. The summed E-state index contributed by atoms with van der Waals surface area (Å²) in [6, 6.07) is 3.19. The van der Waals surface area contributed by atoms with Gasteiger partial charge in [0.1, 0.15) is 12.0 Å². The van der Waals surface area contributed by atoms with E-state index in [0.717, 1.165) is 44.1 Å². The number of hydrogen-bond acceptors (Lipinski definition) is 4. The summed E-state index contributed by atoms with van der Waals surface area (Å²) in [6.07, 6.45) is 2.38. The van der Waals surface area contributed by atoms with Crippen molar-refractivity contribution in [1.29, 1.82) is 0 Å². The van der Waals surface area contributed by atoms with Crippen molar-refractivity contribution in [2.24, 2.45) is 0 Å². The van der Waals surface area contributed by atoms with Crippen molar-refractivity contribution in [3.05, 3.63) is 29.6 Å². The molecule has 0 N–H and O–H groups in total. The van der Waals surface area contributed by atoms with Gasteiger partial charge in [0.05, 0.1) is 5.54 Å². The average Bonchev–Trinajstić information content (AvgIpc) is 3.29. The van der Waals surface area contributed by atoms with Crippen LogP contribution in [0.4, 0.5) is 13.2 Å². The third-order valence-corrected chi connectivity index (χ3v) is 6.15. The van der Waals surface area contributed by atoms with E-state index in [0.29, 0.717) is 12.5 Å². The first-order valence-corrected chi connectivity index (χ1v) is 8.92. The number of aromatic nitrogens is 1. The van der Waals surface area contributed by atoms with Crippen LogP contribution in [0.15, 0.2) is 18.3 Å². The number of pyridine rings is 1. The lowest BCUT2D eigenvalue weighted by molar-refractivity contribution is -0.141. The molecule has 1 aromatic rings. The van der Waals surface area contributed by atoms with E-state index in [9.17, 15) is 18.0 Å². The molecule has 0 amide bonds. The highest BCUT2D eigenvalue weighted by molar-refractivity contribution is 5.73. The van der Waals surface area contributed by atoms with Crippen LogP contribution in [0, 0.1) is 0 Å². The lowest BCUT2D eigenvalue weighted by Crippen LogP contribution is -2.56. The molecule has 1 saturated heterocycles. The van der Waals surface area contributed by atoms with Crippen LogP contribution >= 0.6 is 0 Å². The molecule has 0 aromatic carbocycles. The number of aldehydes is 1. The molecule has 4 nitrogen and oxygen atoms in total. The Kier molecular flexibility index (Phi) is 4.11. The van der Waals surface area contributed by atoms with Crippen molar-refractivity contribution in [3.8, 4) is 0 Å². The zero-order valence-corrected chi connectivity index (χ0v) is 14.0. The second kappa shape index (κ2) is 6.06. The maximum atomic E-state index is 12.6. The average molecular weight is 353 g/mol. The topological polar surface area (TPSA) is 36.4 Å². The molecule has 1 aliphatic heterocycles. The Balaban J connectivity index is 1.42. The Bertz CT molecular complexity index is 636. The minimum atomic E-state index is -4.43. The van der Waals surface area contributed by atoms with Crippen molar-refractivity contribution in [3.63, 3.8) is 0 Å². The molecule has 3 aliphatic rings. The summed E-state index contributed by atoms with van der Waals surface area (Å²) in [4.78, 5) is 20.1. The standard InChI is InChI=1S/C18H22F3N3O/c19-18(20,21)16-5-4-13(11-22-16)15-10-17(15,12-25)24-8-6-23(7-9-24)14-2-1-3-14/h4-5,11-12,14-15H,1-3,6-10H2/t15-,17+/m0/s1. The number of carbonyl (C=O) groups is 1. The van der Waals surface area contributed by atoms with Gasteiger partial charge in [0.2, 0.25) is 0 Å². The number of hydrogen-bond donors (Lipinski definition) is 0. The van der Waals surface area contributed by atoms with Gasteiger partial charge in [-0.3, -0.25) is 14.8 Å². The molecule has 1 aromatic heterocycles. The van der Waals surface area contributed by atoms with E-state index in [1.807, 2.05) is 0 Å². The summed E-state index contributed by atoms with van der Waals surface area (Å²) >= 11 is 0. The monoisotopic (exact) mass is 353 g/mol. The molecule has 2 atom stereocenters. The van der Waals surface area contributed by atoms with Gasteiger partial charge < -0.3 is 4.79 Å². The minimum absolute atomic E-state index is 0.0463. The predicted molar refractivity (Wildman–Crippen MR) is 86.2 cm³/mol. The van der Waals surface area contributed by atoms with E-state index in [1.165, 1.54) is 31.5 Å². The Morgan fingerprint density at radius 2 is 1.88 bits per heavy atom. The maximum Gasteiger partial charge on any atom is 0.433 e. The Morgan fingerprint density at radius 1 is 1.16 bits per heavy atom. The molecule has 7 heteroatoms. The van der Waals surface area contributed by atoms with Gasteiger partial charge in [-0.05, 0) is 30.9 Å². The molecule has 25 heavy (non-hydrogen) atoms. The zero-order valence-electron chi connectivity index (χ0n) is 14.0. The van der Waals surface area contributed by atoms with Gasteiger partial charge in [-0.2, -0.15) is 13.2 Å². The molecular formula is C18H22F3N3O. The smallest absolute Gasteiger partial charge is 0.301 e. The van der Waals surface area contributed by atoms with E-state index >= 15 is 0 Å². The number of piperazine rings is 1. The van der Waals surface area contributed by atoms with Crippen molar-refractivity contribution in [2.75, 3.05) is 26.2 Å². The lowest BCUT2D eigenvalue weighted by atomic mass is 9.91. The molecule has 2 heterocycles. The van der Waals surface area contributed by atoms with E-state index in [1.54, 1.807) is 0 Å². The Hall–Kier alpha value is -1.47. The van der Waals surface area contributed by atoms with Crippen LogP contribution < -0.4 is 0 Å². The van der Waals surface area contributed by atoms with E-state index < -0.39 is 17.4 Å². The first-order valence-electron chi connectivity index (χ1n) is 8.92. The van der Waals surface area contributed by atoms with Gasteiger partial charge in [-0.1, -0.05) is 12.5 Å². The molecule has 3 fully saturated rings. The van der Waals surface area contributed by atoms with Gasteiger partial charge in [-0.25, -0.2) is 0 Å². The van der Waals surface area contributed by atoms with Crippen molar-refractivity contribution >= 4 is 6.29 Å². The van der Waals surface area contributed by atoms with Crippen LogP contribution in [0.1, 0.15) is 42.9 Å². The highest BCUT2D eigenvalue weighted by Crippen LogP contribution is 2.54. The van der Waals surface area contributed by atoms with Gasteiger partial charge >= 0.3 is 6.18 Å². The van der Waals surface area contributed by atoms with E-state index in [2.05, 4.69) is 14.8 Å². The fourth-order valence-electron chi connectivity index (χ4n) is 4.26. The Morgan fingerprint density at radius 3 is 2.36 bits per heavy atom. The zero-order chi connectivity index (χ0) is 17.7. The SMILES string of the molecule is O=C[C@]1(N2CCN(C3CCC3)CC2)C[C@H]1c1ccc(C(F)(F)F)nc1. The molecule has 0 bridgehead atoms. The fourth-order valence-corrected chi connectivity index (χ4v) is 4.26. The molecular weight excluding hydrogens is 331 g/mol. The fraction of sp³-hybridized carbons (Fsp3) is 0.667. The van der Waals surface area contributed by atoms with Crippen LogP contribution in [0.5, 0.6) is 0 Å². The first kappa shape index (κ1) is 17.0. The minimum Gasteiger partial charge on any atom is -0.301 e. The summed E-state index contributed by atoms with van der Waals surface area (Å²) in [5.74, 6) is -0.0463. The lowest BCUT2D eigenvalue weighted by Gasteiger charge is -2.44. The van der Waals surface area contributed by atoms with Crippen molar-refractivity contribution < 1.29 is 18.0 Å². The van der Waals surface area contributed by atoms with Gasteiger partial charge in [-0.15, -0.1) is 0 Å². The summed E-state index contributed by atoms with van der Waals surface area (Å²) < 4.78 is 37.9. The second-order valence-electron chi connectivity index (χ2n) is 7.45. The highest BCUT2D eigenvalue weighted by Gasteiger charge is 2.59. The molecule has 2 saturated carbocycles. The van der Waals surface area contributed by atoms with Crippen LogP contribution in [0.25, 0.3) is 0 Å². The molecule has 4 rings (SSSR count). The third kappa shape index (κ3) is 2.97. The number of nitrogens with zero attached hydrogens (tertiary/aromatic N) is 3. The van der Waals surface area contributed by atoms with Crippen molar-refractivity contribution in [1.82, 2.24) is 14.8 Å². The van der Waals surface area contributed by atoms with Crippen LogP contribution in [-0.4, -0.2) is 58.8 Å². The van der Waals surface area contributed by atoms with E-state index in [-0.39, 0.29) is 5.92 Å². The number of alkyl halides is 3. The molecule has 2 aliphatic carbocycles. The van der Waals surface area contributed by atoms with Gasteiger partial charge in [0.25, 0.3) is 0 Å². The molecule has 136 valence electrons. The first-order chi connectivity index (χ1) is 11.9.